The molecule has 5 rings (SSSR count). The number of carbonyl (C=O) groups is 2. The van der Waals surface area contributed by atoms with Crippen molar-refractivity contribution >= 4 is 11.9 Å². The van der Waals surface area contributed by atoms with E-state index in [1.165, 1.54) is 7.11 Å². The van der Waals surface area contributed by atoms with E-state index in [0.717, 1.165) is 22.3 Å². The number of amides is 1. The van der Waals surface area contributed by atoms with E-state index < -0.39 is 18.1 Å². The van der Waals surface area contributed by atoms with Crippen LogP contribution in [0.1, 0.15) is 54.0 Å². The van der Waals surface area contributed by atoms with Crippen molar-refractivity contribution in [3.05, 3.63) is 101 Å². The first-order valence-electron chi connectivity index (χ1n) is 13.6. The van der Waals surface area contributed by atoms with Crippen LogP contribution in [0.15, 0.2) is 78.9 Å². The Kier molecular flexibility index (Phi) is 8.59. The fraction of sp³-hybridized carbons (Fsp3) is 0.375. The Labute approximate surface area is 229 Å². The number of ether oxygens (including phenoxy) is 3. The molecule has 2 aliphatic rings. The fourth-order valence-corrected chi connectivity index (χ4v) is 5.47. The zero-order chi connectivity index (χ0) is 27.2. The third kappa shape index (κ3) is 6.32. The summed E-state index contributed by atoms with van der Waals surface area (Å²) >= 11 is 0. The average Bonchev–Trinajstić information content (AvgIpc) is 2.99. The molecule has 1 aliphatic heterocycles. The quantitative estimate of drug-likeness (QED) is 0.424. The Bertz CT molecular complexity index is 1260. The molecule has 1 unspecified atom stereocenters. The summed E-state index contributed by atoms with van der Waals surface area (Å²) in [6.45, 7) is 0.648. The first kappa shape index (κ1) is 26.9. The maximum absolute atomic E-state index is 14.2. The van der Waals surface area contributed by atoms with Crippen molar-refractivity contribution in [2.24, 2.45) is 0 Å². The molecule has 1 saturated carbocycles. The molecule has 39 heavy (non-hydrogen) atoms. The van der Waals surface area contributed by atoms with Crippen molar-refractivity contribution in [3.8, 4) is 5.75 Å². The van der Waals surface area contributed by atoms with Crippen LogP contribution >= 0.6 is 0 Å². The van der Waals surface area contributed by atoms with Crippen molar-refractivity contribution in [2.45, 2.75) is 69.6 Å². The molecule has 0 bridgehead atoms. The van der Waals surface area contributed by atoms with E-state index in [-0.39, 0.29) is 31.1 Å². The van der Waals surface area contributed by atoms with Crippen molar-refractivity contribution < 1.29 is 28.9 Å². The van der Waals surface area contributed by atoms with Gasteiger partial charge in [0, 0.05) is 18.5 Å². The average molecular weight is 530 g/mol. The highest BCUT2D eigenvalue weighted by atomic mass is 16.5. The van der Waals surface area contributed by atoms with Gasteiger partial charge in [-0.25, -0.2) is 4.79 Å². The minimum Gasteiger partial charge on any atom is -0.489 e. The Hall–Kier alpha value is -3.68. The topological polar surface area (TPSA) is 85.3 Å². The summed E-state index contributed by atoms with van der Waals surface area (Å²) in [6, 6.07) is 24.3. The molecule has 1 heterocycles. The summed E-state index contributed by atoms with van der Waals surface area (Å²) in [7, 11) is 1.34. The molecule has 7 heteroatoms. The van der Waals surface area contributed by atoms with Gasteiger partial charge in [0.1, 0.15) is 18.4 Å². The molecule has 0 radical (unpaired) electrons. The van der Waals surface area contributed by atoms with E-state index >= 15 is 0 Å². The van der Waals surface area contributed by atoms with Gasteiger partial charge in [-0.05, 0) is 48.4 Å². The minimum absolute atomic E-state index is 0.144. The number of hydrogen-bond acceptors (Lipinski definition) is 6. The van der Waals surface area contributed by atoms with Crippen molar-refractivity contribution in [3.63, 3.8) is 0 Å². The molecule has 7 nitrogen and oxygen atoms in total. The Balaban J connectivity index is 1.42. The Morgan fingerprint density at radius 1 is 0.923 bits per heavy atom. The maximum Gasteiger partial charge on any atom is 0.328 e. The van der Waals surface area contributed by atoms with Gasteiger partial charge in [-0.2, -0.15) is 0 Å². The summed E-state index contributed by atoms with van der Waals surface area (Å²) in [5, 5.41) is 9.94. The smallest absolute Gasteiger partial charge is 0.328 e. The van der Waals surface area contributed by atoms with Crippen LogP contribution in [0.25, 0.3) is 0 Å². The van der Waals surface area contributed by atoms with E-state index in [4.69, 9.17) is 14.2 Å². The number of esters is 1. The number of rotatable bonds is 8. The summed E-state index contributed by atoms with van der Waals surface area (Å²) in [4.78, 5) is 28.8. The second kappa shape index (κ2) is 12.5. The van der Waals surface area contributed by atoms with E-state index in [1.807, 2.05) is 78.9 Å². The molecule has 1 aliphatic carbocycles. The molecule has 3 aromatic rings. The van der Waals surface area contributed by atoms with Crippen LogP contribution in [-0.2, 0) is 38.6 Å². The molecule has 1 N–H and O–H groups in total. The third-order valence-corrected chi connectivity index (χ3v) is 7.64. The van der Waals surface area contributed by atoms with Crippen LogP contribution in [0.4, 0.5) is 0 Å². The van der Waals surface area contributed by atoms with Gasteiger partial charge >= 0.3 is 5.97 Å². The van der Waals surface area contributed by atoms with Gasteiger partial charge in [0.25, 0.3) is 5.91 Å². The van der Waals surface area contributed by atoms with E-state index in [9.17, 15) is 14.7 Å². The van der Waals surface area contributed by atoms with Crippen molar-refractivity contribution in [2.75, 3.05) is 7.11 Å². The molecule has 0 aromatic heterocycles. The predicted octanol–water partition coefficient (Wildman–Crippen LogP) is 4.75. The number of fused-ring (bicyclic) bond motifs is 1. The van der Waals surface area contributed by atoms with Gasteiger partial charge in [-0.1, -0.05) is 72.8 Å². The molecule has 0 saturated heterocycles. The van der Waals surface area contributed by atoms with Gasteiger partial charge in [0.2, 0.25) is 0 Å². The lowest BCUT2D eigenvalue weighted by Gasteiger charge is -2.38. The maximum atomic E-state index is 14.2. The number of carbonyl (C=O) groups excluding carboxylic acids is 2. The lowest BCUT2D eigenvalue weighted by atomic mass is 9.91. The van der Waals surface area contributed by atoms with Crippen LogP contribution in [0.2, 0.25) is 0 Å². The number of benzene rings is 3. The minimum atomic E-state index is -0.863. The lowest BCUT2D eigenvalue weighted by molar-refractivity contribution is -0.163. The SMILES string of the molecule is COC(=O)[C@@H]1Cc2c(cccc2OCc2ccccc2)CN1C(=O)C(O[C@H]1CC[C@@H](O)CC1)c1ccccc1. The molecule has 2 atom stereocenters. The number of methoxy groups -OCH3 is 1. The van der Waals surface area contributed by atoms with Crippen LogP contribution < -0.4 is 4.74 Å². The van der Waals surface area contributed by atoms with Gasteiger partial charge in [0.15, 0.2) is 6.10 Å². The molecular weight excluding hydrogens is 494 g/mol. The highest BCUT2D eigenvalue weighted by Gasteiger charge is 2.41. The third-order valence-electron chi connectivity index (χ3n) is 7.64. The van der Waals surface area contributed by atoms with Gasteiger partial charge < -0.3 is 24.2 Å². The summed E-state index contributed by atoms with van der Waals surface area (Å²) in [6.07, 6.45) is 1.62. The van der Waals surface area contributed by atoms with E-state index in [0.29, 0.717) is 38.0 Å². The molecule has 3 aromatic carbocycles. The molecule has 204 valence electrons. The molecular formula is C32H35NO6. The Morgan fingerprint density at radius 2 is 1.62 bits per heavy atom. The zero-order valence-electron chi connectivity index (χ0n) is 22.2. The summed E-state index contributed by atoms with van der Waals surface area (Å²) in [5.74, 6) is -0.0441. The first-order valence-corrected chi connectivity index (χ1v) is 13.6. The summed E-state index contributed by atoms with van der Waals surface area (Å²) < 4.78 is 17.8. The largest absolute Gasteiger partial charge is 0.489 e. The van der Waals surface area contributed by atoms with Crippen LogP contribution in [-0.4, -0.2) is 47.2 Å². The monoisotopic (exact) mass is 529 g/mol. The standard InChI is InChI=1S/C32H35NO6/c1-37-32(36)28-19-27-24(13-8-14-29(27)38-21-22-9-4-2-5-10-22)20-33(28)31(35)30(23-11-6-3-7-12-23)39-26-17-15-25(34)16-18-26/h2-14,25-26,28,30,34H,15-21H2,1H3/t25-,26+,28-,30?/m0/s1. The number of hydrogen-bond donors (Lipinski definition) is 1. The highest BCUT2D eigenvalue weighted by molar-refractivity contribution is 5.88. The lowest BCUT2D eigenvalue weighted by Crippen LogP contribution is -2.51. The highest BCUT2D eigenvalue weighted by Crippen LogP contribution is 2.35. The number of nitrogens with zero attached hydrogens (tertiary/aromatic N) is 1. The van der Waals surface area contributed by atoms with Crippen LogP contribution in [0.5, 0.6) is 5.75 Å². The molecule has 1 fully saturated rings. The number of aliphatic hydroxyl groups excluding tert-OH is 1. The van der Waals surface area contributed by atoms with Gasteiger partial charge in [0.05, 0.1) is 19.3 Å². The van der Waals surface area contributed by atoms with Crippen LogP contribution in [0, 0.1) is 0 Å². The predicted molar refractivity (Wildman–Crippen MR) is 146 cm³/mol. The second-order valence-electron chi connectivity index (χ2n) is 10.2. The van der Waals surface area contributed by atoms with E-state index in [2.05, 4.69) is 0 Å². The van der Waals surface area contributed by atoms with Gasteiger partial charge in [-0.3, -0.25) is 4.79 Å². The number of aliphatic hydroxyl groups is 1. The fourth-order valence-electron chi connectivity index (χ4n) is 5.47. The zero-order valence-corrected chi connectivity index (χ0v) is 22.2. The first-order chi connectivity index (χ1) is 19.0. The summed E-state index contributed by atoms with van der Waals surface area (Å²) in [5.41, 5.74) is 3.63. The van der Waals surface area contributed by atoms with Gasteiger partial charge in [-0.15, -0.1) is 0 Å². The molecule has 1 amide bonds. The Morgan fingerprint density at radius 3 is 2.31 bits per heavy atom. The normalized spacial score (nSPS) is 21.5. The van der Waals surface area contributed by atoms with Crippen LogP contribution in [0.3, 0.4) is 0 Å². The van der Waals surface area contributed by atoms with E-state index in [1.54, 1.807) is 4.90 Å². The second-order valence-corrected chi connectivity index (χ2v) is 10.2. The van der Waals surface area contributed by atoms with Crippen molar-refractivity contribution in [1.29, 1.82) is 0 Å². The van der Waals surface area contributed by atoms with Crippen molar-refractivity contribution in [1.82, 2.24) is 4.90 Å². The molecule has 0 spiro atoms.